The second-order valence-corrected chi connectivity index (χ2v) is 9.31. The van der Waals surface area contributed by atoms with Crippen LogP contribution in [0.4, 0.5) is 29.3 Å². The quantitative estimate of drug-likeness (QED) is 0.285. The predicted molar refractivity (Wildman–Crippen MR) is 142 cm³/mol. The number of fused-ring (bicyclic) bond motifs is 1. The zero-order valence-electron chi connectivity index (χ0n) is 20.2. The molecule has 4 aromatic rings. The van der Waals surface area contributed by atoms with Crippen molar-refractivity contribution in [1.82, 2.24) is 9.88 Å². The molecule has 0 unspecified atom stereocenters. The number of rotatable bonds is 5. The number of nitrogens with one attached hydrogen (secondary N) is 2. The van der Waals surface area contributed by atoms with E-state index in [0.29, 0.717) is 5.69 Å². The average Bonchev–Trinajstić information content (AvgIpc) is 2.90. The highest BCUT2D eigenvalue weighted by Crippen LogP contribution is 2.37. The molecule has 1 aliphatic heterocycles. The number of benzene rings is 3. The Bertz CT molecular complexity index is 1460. The van der Waals surface area contributed by atoms with Gasteiger partial charge in [-0.05, 0) is 41.3 Å². The van der Waals surface area contributed by atoms with E-state index in [9.17, 15) is 18.0 Å². The smallest absolute Gasteiger partial charge is 0.379 e. The summed E-state index contributed by atoms with van der Waals surface area (Å²) in [5, 5.41) is 6.44. The molecule has 2 N–H and O–H groups in total. The van der Waals surface area contributed by atoms with E-state index in [0.717, 1.165) is 72.6 Å². The Kier molecular flexibility index (Phi) is 7.51. The number of carbonyl (C=O) groups is 1. The molecule has 0 radical (unpaired) electrons. The maximum absolute atomic E-state index is 13.2. The molecule has 5 rings (SSSR count). The number of amides is 2. The molecule has 196 valence electrons. The summed E-state index contributed by atoms with van der Waals surface area (Å²) >= 11 is 5.67. The Morgan fingerprint density at radius 3 is 2.45 bits per heavy atom. The average molecular weight is 541 g/mol. The lowest BCUT2D eigenvalue weighted by molar-refractivity contribution is -0.137. The largest absolute Gasteiger partial charge is 0.417 e. The van der Waals surface area contributed by atoms with Gasteiger partial charge in [-0.2, -0.15) is 13.2 Å². The summed E-state index contributed by atoms with van der Waals surface area (Å²) < 4.78 is 44.9. The van der Waals surface area contributed by atoms with Crippen LogP contribution in [0.25, 0.3) is 21.9 Å². The summed E-state index contributed by atoms with van der Waals surface area (Å²) in [5.74, 6) is 0. The number of alkyl halides is 3. The Morgan fingerprint density at radius 1 is 0.974 bits per heavy atom. The van der Waals surface area contributed by atoms with Crippen molar-refractivity contribution in [1.29, 1.82) is 0 Å². The van der Waals surface area contributed by atoms with Crippen LogP contribution in [0.1, 0.15) is 11.3 Å². The topological polar surface area (TPSA) is 66.5 Å². The van der Waals surface area contributed by atoms with E-state index in [1.807, 2.05) is 48.7 Å². The third-order valence-corrected chi connectivity index (χ3v) is 6.66. The maximum atomic E-state index is 13.2. The number of aromatic nitrogens is 1. The van der Waals surface area contributed by atoms with Gasteiger partial charge in [-0.15, -0.1) is 0 Å². The minimum Gasteiger partial charge on any atom is -0.379 e. The van der Waals surface area contributed by atoms with Crippen LogP contribution >= 0.6 is 11.6 Å². The third kappa shape index (κ3) is 5.91. The fraction of sp³-hybridized carbons (Fsp3) is 0.214. The first-order valence-corrected chi connectivity index (χ1v) is 12.4. The number of urea groups is 1. The number of hydrogen-bond acceptors (Lipinski definition) is 4. The number of hydrogen-bond donors (Lipinski definition) is 2. The molecule has 38 heavy (non-hydrogen) atoms. The van der Waals surface area contributed by atoms with Gasteiger partial charge in [-0.3, -0.25) is 9.88 Å². The highest BCUT2D eigenvalue weighted by Gasteiger charge is 2.33. The van der Waals surface area contributed by atoms with E-state index in [-0.39, 0.29) is 5.69 Å². The predicted octanol–water partition coefficient (Wildman–Crippen LogP) is 7.05. The fourth-order valence-electron chi connectivity index (χ4n) is 4.43. The van der Waals surface area contributed by atoms with Crippen LogP contribution in [0.2, 0.25) is 5.02 Å². The van der Waals surface area contributed by atoms with Crippen molar-refractivity contribution < 1.29 is 22.7 Å². The molecule has 1 saturated heterocycles. The highest BCUT2D eigenvalue weighted by molar-refractivity contribution is 6.31. The zero-order valence-corrected chi connectivity index (χ0v) is 20.9. The van der Waals surface area contributed by atoms with Crippen LogP contribution in [0.3, 0.4) is 0 Å². The lowest BCUT2D eigenvalue weighted by atomic mass is 9.98. The van der Waals surface area contributed by atoms with Crippen LogP contribution in [0.5, 0.6) is 0 Å². The van der Waals surface area contributed by atoms with Crippen molar-refractivity contribution in [3.8, 4) is 11.1 Å². The fourth-order valence-corrected chi connectivity index (χ4v) is 4.66. The van der Waals surface area contributed by atoms with Gasteiger partial charge in [0.1, 0.15) is 0 Å². The molecule has 0 aliphatic carbocycles. The number of pyridine rings is 1. The van der Waals surface area contributed by atoms with E-state index in [1.54, 1.807) is 6.07 Å². The molecule has 1 aliphatic rings. The number of nitrogens with zero attached hydrogens (tertiary/aromatic N) is 2. The summed E-state index contributed by atoms with van der Waals surface area (Å²) in [5.41, 5.74) is 2.34. The lowest BCUT2D eigenvalue weighted by Gasteiger charge is -2.26. The molecular formula is C28H24ClF3N4O2. The molecule has 2 amide bonds. The normalized spacial score (nSPS) is 14.4. The Balaban J connectivity index is 1.35. The van der Waals surface area contributed by atoms with Crippen molar-refractivity contribution in [3.05, 3.63) is 89.2 Å². The van der Waals surface area contributed by atoms with Gasteiger partial charge in [0.2, 0.25) is 0 Å². The monoisotopic (exact) mass is 540 g/mol. The summed E-state index contributed by atoms with van der Waals surface area (Å²) in [4.78, 5) is 19.6. The van der Waals surface area contributed by atoms with Crippen molar-refractivity contribution in [2.24, 2.45) is 0 Å². The molecular weight excluding hydrogens is 517 g/mol. The summed E-state index contributed by atoms with van der Waals surface area (Å²) in [7, 11) is 0. The second kappa shape index (κ2) is 11.0. The number of carbonyl (C=O) groups excluding carboxylic acids is 1. The lowest BCUT2D eigenvalue weighted by Crippen LogP contribution is -2.35. The Morgan fingerprint density at radius 2 is 1.74 bits per heavy atom. The van der Waals surface area contributed by atoms with Gasteiger partial charge < -0.3 is 15.4 Å². The molecule has 0 bridgehead atoms. The van der Waals surface area contributed by atoms with Crippen molar-refractivity contribution >= 4 is 39.8 Å². The molecule has 0 spiro atoms. The first-order chi connectivity index (χ1) is 18.3. The Labute approximate surface area is 222 Å². The molecule has 6 nitrogen and oxygen atoms in total. The Hall–Kier alpha value is -3.66. The molecule has 10 heteroatoms. The van der Waals surface area contributed by atoms with Gasteiger partial charge in [-0.1, -0.05) is 48.0 Å². The van der Waals surface area contributed by atoms with Gasteiger partial charge in [0.05, 0.1) is 35.2 Å². The standard InChI is InChI=1S/C28H24ClF3N4O2/c29-25-9-7-19(15-24(25)28(30,31)32)34-27(37)35-26-10-8-21(22-3-1-2-4-23(22)26)18-5-6-20(33-16-18)17-36-11-13-38-14-12-36/h1-10,15-16H,11-14,17H2,(H2,34,35,37). The minimum absolute atomic E-state index is 0.0246. The number of halogens is 4. The molecule has 0 atom stereocenters. The number of morpholine rings is 1. The van der Waals surface area contributed by atoms with Gasteiger partial charge in [0.25, 0.3) is 0 Å². The van der Waals surface area contributed by atoms with E-state index in [2.05, 4.69) is 20.5 Å². The van der Waals surface area contributed by atoms with Crippen molar-refractivity contribution in [2.75, 3.05) is 36.9 Å². The van der Waals surface area contributed by atoms with E-state index < -0.39 is 22.8 Å². The van der Waals surface area contributed by atoms with Gasteiger partial charge in [0, 0.05) is 42.5 Å². The SMILES string of the molecule is O=C(Nc1ccc(Cl)c(C(F)(F)F)c1)Nc1ccc(-c2ccc(CN3CCOCC3)nc2)c2ccccc12. The minimum atomic E-state index is -4.63. The molecule has 1 aromatic heterocycles. The number of ether oxygens (including phenoxy) is 1. The van der Waals surface area contributed by atoms with E-state index in [4.69, 9.17) is 16.3 Å². The summed E-state index contributed by atoms with van der Waals surface area (Å²) in [6.45, 7) is 4.00. The van der Waals surface area contributed by atoms with Crippen LogP contribution in [-0.2, 0) is 17.5 Å². The maximum Gasteiger partial charge on any atom is 0.417 e. The third-order valence-electron chi connectivity index (χ3n) is 6.33. The zero-order chi connectivity index (χ0) is 26.7. The van der Waals surface area contributed by atoms with Crippen molar-refractivity contribution in [3.63, 3.8) is 0 Å². The van der Waals surface area contributed by atoms with Crippen LogP contribution in [0, 0.1) is 0 Å². The first-order valence-electron chi connectivity index (χ1n) is 12.0. The summed E-state index contributed by atoms with van der Waals surface area (Å²) in [6.07, 6.45) is -2.79. The van der Waals surface area contributed by atoms with Gasteiger partial charge in [0.15, 0.2) is 0 Å². The number of anilines is 2. The van der Waals surface area contributed by atoms with E-state index in [1.165, 1.54) is 6.07 Å². The summed E-state index contributed by atoms with van der Waals surface area (Å²) in [6, 6.07) is 17.8. The van der Waals surface area contributed by atoms with Crippen molar-refractivity contribution in [2.45, 2.75) is 12.7 Å². The molecule has 2 heterocycles. The van der Waals surface area contributed by atoms with Gasteiger partial charge in [-0.25, -0.2) is 4.79 Å². The molecule has 1 fully saturated rings. The van der Waals surface area contributed by atoms with Crippen LogP contribution in [-0.4, -0.2) is 42.2 Å². The van der Waals surface area contributed by atoms with Gasteiger partial charge >= 0.3 is 12.2 Å². The highest BCUT2D eigenvalue weighted by atomic mass is 35.5. The molecule has 0 saturated carbocycles. The second-order valence-electron chi connectivity index (χ2n) is 8.90. The van der Waals surface area contributed by atoms with E-state index >= 15 is 0 Å². The van der Waals surface area contributed by atoms with Crippen LogP contribution < -0.4 is 10.6 Å². The molecule has 3 aromatic carbocycles. The van der Waals surface area contributed by atoms with Crippen LogP contribution in [0.15, 0.2) is 72.9 Å². The first kappa shape index (κ1) is 26.0.